The SMILES string of the molecule is CCNC(=NCCCS(C)(=O)=O)NC1CCN(c2ccccc2)C1.I. The maximum Gasteiger partial charge on any atom is 0.191 e. The van der Waals surface area contributed by atoms with Crippen LogP contribution in [0.3, 0.4) is 0 Å². The summed E-state index contributed by atoms with van der Waals surface area (Å²) in [5.74, 6) is 0.951. The number of guanidine groups is 1. The highest BCUT2D eigenvalue weighted by Crippen LogP contribution is 2.19. The Hall–Kier alpha value is -1.03. The van der Waals surface area contributed by atoms with Crippen LogP contribution in [0.5, 0.6) is 0 Å². The topological polar surface area (TPSA) is 73.8 Å². The van der Waals surface area contributed by atoms with Crippen molar-refractivity contribution in [2.45, 2.75) is 25.8 Å². The van der Waals surface area contributed by atoms with Gasteiger partial charge >= 0.3 is 0 Å². The highest BCUT2D eigenvalue weighted by molar-refractivity contribution is 14.0. The molecule has 1 unspecified atom stereocenters. The van der Waals surface area contributed by atoms with Crippen LogP contribution in [0.1, 0.15) is 19.8 Å². The standard InChI is InChI=1S/C17H28N4O2S.HI/c1-3-18-17(19-11-7-13-24(2,22)23)20-15-10-12-21(14-15)16-8-5-4-6-9-16;/h4-6,8-9,15H,3,7,10-14H2,1-2H3,(H2,18,19,20);1H. The zero-order valence-corrected chi connectivity index (χ0v) is 18.1. The van der Waals surface area contributed by atoms with Crippen molar-refractivity contribution in [2.24, 2.45) is 4.99 Å². The molecule has 1 aliphatic heterocycles. The first-order chi connectivity index (χ1) is 11.5. The van der Waals surface area contributed by atoms with Crippen LogP contribution < -0.4 is 15.5 Å². The van der Waals surface area contributed by atoms with Crippen LogP contribution in [0.15, 0.2) is 35.3 Å². The number of sulfone groups is 1. The third-order valence-corrected chi connectivity index (χ3v) is 4.97. The van der Waals surface area contributed by atoms with Gasteiger partial charge in [0.15, 0.2) is 5.96 Å². The minimum absolute atomic E-state index is 0. The van der Waals surface area contributed by atoms with E-state index in [0.29, 0.717) is 19.0 Å². The van der Waals surface area contributed by atoms with Crippen molar-refractivity contribution in [2.75, 3.05) is 43.1 Å². The zero-order valence-electron chi connectivity index (χ0n) is 14.9. The summed E-state index contributed by atoms with van der Waals surface area (Å²) in [7, 11) is -2.91. The number of rotatable bonds is 7. The molecule has 0 aromatic heterocycles. The van der Waals surface area contributed by atoms with Crippen molar-refractivity contribution in [3.63, 3.8) is 0 Å². The monoisotopic (exact) mass is 480 g/mol. The average Bonchev–Trinajstić information content (AvgIpc) is 3.00. The molecule has 1 aromatic carbocycles. The lowest BCUT2D eigenvalue weighted by atomic mass is 10.3. The molecule has 0 spiro atoms. The number of para-hydroxylation sites is 1. The number of nitrogens with zero attached hydrogens (tertiary/aromatic N) is 2. The van der Waals surface area contributed by atoms with Gasteiger partial charge in [-0.2, -0.15) is 0 Å². The first-order valence-corrected chi connectivity index (χ1v) is 10.6. The maximum atomic E-state index is 11.2. The molecule has 1 aliphatic rings. The maximum absolute atomic E-state index is 11.2. The molecule has 1 saturated heterocycles. The molecule has 0 radical (unpaired) electrons. The second-order valence-electron chi connectivity index (χ2n) is 6.16. The van der Waals surface area contributed by atoms with E-state index in [1.165, 1.54) is 11.9 Å². The molecule has 0 amide bonds. The number of nitrogens with one attached hydrogen (secondary N) is 2. The Morgan fingerprint density at radius 3 is 2.68 bits per heavy atom. The van der Waals surface area contributed by atoms with Gasteiger partial charge in [-0.3, -0.25) is 4.99 Å². The normalized spacial score (nSPS) is 17.9. The van der Waals surface area contributed by atoms with Crippen LogP contribution in [0.2, 0.25) is 0 Å². The molecule has 2 N–H and O–H groups in total. The summed E-state index contributed by atoms with van der Waals surface area (Å²) in [6.45, 7) is 5.29. The summed E-state index contributed by atoms with van der Waals surface area (Å²) >= 11 is 0. The lowest BCUT2D eigenvalue weighted by Crippen LogP contribution is -2.44. The van der Waals surface area contributed by atoms with Gasteiger partial charge in [0.2, 0.25) is 0 Å². The molecule has 0 aliphatic carbocycles. The van der Waals surface area contributed by atoms with E-state index >= 15 is 0 Å². The molecular weight excluding hydrogens is 451 g/mol. The second kappa shape index (κ2) is 10.8. The van der Waals surface area contributed by atoms with Crippen LogP contribution in [-0.2, 0) is 9.84 Å². The second-order valence-corrected chi connectivity index (χ2v) is 8.42. The Morgan fingerprint density at radius 2 is 2.04 bits per heavy atom. The van der Waals surface area contributed by atoms with E-state index in [1.54, 1.807) is 0 Å². The summed E-state index contributed by atoms with van der Waals surface area (Å²) in [4.78, 5) is 6.86. The van der Waals surface area contributed by atoms with Gasteiger partial charge < -0.3 is 15.5 Å². The molecule has 0 saturated carbocycles. The Labute approximate surface area is 168 Å². The Bertz CT molecular complexity index is 637. The predicted molar refractivity (Wildman–Crippen MR) is 116 cm³/mol. The quantitative estimate of drug-likeness (QED) is 0.270. The third-order valence-electron chi connectivity index (χ3n) is 3.94. The van der Waals surface area contributed by atoms with Crippen LogP contribution in [0.25, 0.3) is 0 Å². The average molecular weight is 480 g/mol. The van der Waals surface area contributed by atoms with Crippen molar-refractivity contribution in [1.82, 2.24) is 10.6 Å². The van der Waals surface area contributed by atoms with Crippen LogP contribution in [0.4, 0.5) is 5.69 Å². The summed E-state index contributed by atoms with van der Waals surface area (Å²) in [6, 6.07) is 10.8. The van der Waals surface area contributed by atoms with Gasteiger partial charge in [0.25, 0.3) is 0 Å². The fraction of sp³-hybridized carbons (Fsp3) is 0.588. The van der Waals surface area contributed by atoms with E-state index in [9.17, 15) is 8.42 Å². The van der Waals surface area contributed by atoms with Crippen molar-refractivity contribution >= 4 is 45.5 Å². The lowest BCUT2D eigenvalue weighted by Gasteiger charge is -2.20. The molecular formula is C17H29IN4O2S. The molecule has 1 atom stereocenters. The van der Waals surface area contributed by atoms with Crippen LogP contribution >= 0.6 is 24.0 Å². The fourth-order valence-electron chi connectivity index (χ4n) is 2.78. The van der Waals surface area contributed by atoms with Gasteiger partial charge in [-0.15, -0.1) is 24.0 Å². The minimum atomic E-state index is -2.91. The van der Waals surface area contributed by atoms with E-state index in [4.69, 9.17) is 0 Å². The highest BCUT2D eigenvalue weighted by Gasteiger charge is 2.23. The number of aliphatic imine (C=N–C) groups is 1. The predicted octanol–water partition coefficient (Wildman–Crippen LogP) is 1.87. The van der Waals surface area contributed by atoms with E-state index in [0.717, 1.165) is 32.0 Å². The van der Waals surface area contributed by atoms with E-state index in [2.05, 4.69) is 44.8 Å². The summed E-state index contributed by atoms with van der Waals surface area (Å²) < 4.78 is 22.3. The van der Waals surface area contributed by atoms with Gasteiger partial charge in [-0.1, -0.05) is 18.2 Å². The molecule has 8 heteroatoms. The number of halogens is 1. The number of hydrogen-bond acceptors (Lipinski definition) is 4. The van der Waals surface area contributed by atoms with Crippen molar-refractivity contribution in [3.8, 4) is 0 Å². The van der Waals surface area contributed by atoms with Gasteiger partial charge in [-0.25, -0.2) is 8.42 Å². The smallest absolute Gasteiger partial charge is 0.191 e. The van der Waals surface area contributed by atoms with E-state index in [1.807, 2.05) is 13.0 Å². The molecule has 25 heavy (non-hydrogen) atoms. The van der Waals surface area contributed by atoms with Crippen molar-refractivity contribution in [1.29, 1.82) is 0 Å². The highest BCUT2D eigenvalue weighted by atomic mass is 127. The molecule has 1 heterocycles. The number of benzene rings is 1. The van der Waals surface area contributed by atoms with Gasteiger partial charge in [0.1, 0.15) is 9.84 Å². The largest absolute Gasteiger partial charge is 0.369 e. The summed E-state index contributed by atoms with van der Waals surface area (Å²) in [5, 5.41) is 6.69. The van der Waals surface area contributed by atoms with Crippen molar-refractivity contribution < 1.29 is 8.42 Å². The first kappa shape index (κ1) is 22.0. The molecule has 1 aromatic rings. The zero-order chi connectivity index (χ0) is 17.4. The molecule has 1 fully saturated rings. The van der Waals surface area contributed by atoms with Crippen molar-refractivity contribution in [3.05, 3.63) is 30.3 Å². The molecule has 0 bridgehead atoms. The number of anilines is 1. The van der Waals surface area contributed by atoms with Gasteiger partial charge in [-0.05, 0) is 31.9 Å². The first-order valence-electron chi connectivity index (χ1n) is 8.50. The van der Waals surface area contributed by atoms with Crippen LogP contribution in [0, 0.1) is 0 Å². The lowest BCUT2D eigenvalue weighted by molar-refractivity contribution is 0.599. The van der Waals surface area contributed by atoms with E-state index in [-0.39, 0.29) is 29.7 Å². The third kappa shape index (κ3) is 8.26. The molecule has 2 rings (SSSR count). The summed E-state index contributed by atoms with van der Waals surface area (Å²) in [6.07, 6.45) is 2.87. The Morgan fingerprint density at radius 1 is 1.32 bits per heavy atom. The Kier molecular flexibility index (Phi) is 9.55. The fourth-order valence-corrected chi connectivity index (χ4v) is 3.44. The minimum Gasteiger partial charge on any atom is -0.369 e. The number of hydrogen-bond donors (Lipinski definition) is 2. The van der Waals surface area contributed by atoms with E-state index < -0.39 is 9.84 Å². The van der Waals surface area contributed by atoms with Gasteiger partial charge in [0.05, 0.1) is 5.75 Å². The summed E-state index contributed by atoms with van der Waals surface area (Å²) in [5.41, 5.74) is 1.25. The van der Waals surface area contributed by atoms with Gasteiger partial charge in [0, 0.05) is 44.2 Å². The molecule has 142 valence electrons. The van der Waals surface area contributed by atoms with Crippen LogP contribution in [-0.4, -0.2) is 58.6 Å². The molecule has 6 nitrogen and oxygen atoms in total. The Balaban J connectivity index is 0.00000312.